The normalized spacial score (nSPS) is 14.6. The lowest BCUT2D eigenvalue weighted by Gasteiger charge is -2.26. The summed E-state index contributed by atoms with van der Waals surface area (Å²) in [6.45, 7) is 3.50. The van der Waals surface area contributed by atoms with E-state index >= 15 is 0 Å². The van der Waals surface area contributed by atoms with Crippen molar-refractivity contribution in [3.8, 4) is 28.6 Å². The third-order valence-corrected chi connectivity index (χ3v) is 8.21. The van der Waals surface area contributed by atoms with Crippen LogP contribution in [-0.4, -0.2) is 49.5 Å². The number of rotatable bonds is 9. The molecule has 13 heteroatoms. The number of aromatic carboxylic acids is 1. The average molecular weight is 639 g/mol. The number of carbonyl (C=O) groups is 2. The van der Waals surface area contributed by atoms with E-state index in [1.165, 1.54) is 44.1 Å². The van der Waals surface area contributed by atoms with Crippen LogP contribution in [0.25, 0.3) is 17.4 Å². The molecule has 0 fully saturated rings. The number of carboxylic acid groups (broad SMARTS) is 1. The Morgan fingerprint density at radius 2 is 1.80 bits per heavy atom. The van der Waals surface area contributed by atoms with Gasteiger partial charge in [0, 0.05) is 11.6 Å². The molecule has 0 amide bonds. The number of benzene rings is 2. The number of carbonyl (C=O) groups excluding carboxylic acids is 1. The van der Waals surface area contributed by atoms with Gasteiger partial charge in [-0.3, -0.25) is 9.36 Å². The Morgan fingerprint density at radius 1 is 1.09 bits per heavy atom. The zero-order valence-electron chi connectivity index (χ0n) is 24.3. The molecular formula is C31H27ClN2O9S. The van der Waals surface area contributed by atoms with Crippen molar-refractivity contribution < 1.29 is 38.1 Å². The average Bonchev–Trinajstić information content (AvgIpc) is 3.59. The van der Waals surface area contributed by atoms with Gasteiger partial charge in [0.05, 0.1) is 60.4 Å². The van der Waals surface area contributed by atoms with Crippen LogP contribution in [0.1, 0.15) is 41.6 Å². The number of carboxylic acids is 1. The van der Waals surface area contributed by atoms with Crippen LogP contribution in [0.3, 0.4) is 0 Å². The van der Waals surface area contributed by atoms with Crippen molar-refractivity contribution >= 4 is 41.0 Å². The van der Waals surface area contributed by atoms with E-state index in [0.29, 0.717) is 55.4 Å². The topological polar surface area (TPSA) is 139 Å². The number of ether oxygens (including phenoxy) is 4. The van der Waals surface area contributed by atoms with Crippen molar-refractivity contribution in [1.82, 2.24) is 4.57 Å². The highest BCUT2D eigenvalue weighted by Crippen LogP contribution is 2.42. The number of nitrogens with zero attached hydrogens (tertiary/aromatic N) is 2. The second-order valence-electron chi connectivity index (χ2n) is 9.46. The smallest absolute Gasteiger partial charge is 0.338 e. The van der Waals surface area contributed by atoms with Crippen molar-refractivity contribution in [1.29, 1.82) is 0 Å². The summed E-state index contributed by atoms with van der Waals surface area (Å²) >= 11 is 7.43. The van der Waals surface area contributed by atoms with Crippen molar-refractivity contribution in [2.75, 3.05) is 27.9 Å². The van der Waals surface area contributed by atoms with Crippen LogP contribution in [0.5, 0.6) is 17.2 Å². The molecule has 228 valence electrons. The van der Waals surface area contributed by atoms with Gasteiger partial charge in [-0.1, -0.05) is 22.9 Å². The van der Waals surface area contributed by atoms with Gasteiger partial charge in [-0.05, 0) is 61.9 Å². The highest BCUT2D eigenvalue weighted by molar-refractivity contribution is 7.07. The second-order valence-corrected chi connectivity index (χ2v) is 10.9. The van der Waals surface area contributed by atoms with E-state index in [0.717, 1.165) is 11.3 Å². The third kappa shape index (κ3) is 5.49. The summed E-state index contributed by atoms with van der Waals surface area (Å²) in [5, 5.41) is 9.68. The maximum atomic E-state index is 14.0. The molecular weight excluding hydrogens is 612 g/mol. The van der Waals surface area contributed by atoms with Gasteiger partial charge >= 0.3 is 11.9 Å². The largest absolute Gasteiger partial charge is 0.493 e. The number of allylic oxidation sites excluding steroid dienone is 1. The van der Waals surface area contributed by atoms with Gasteiger partial charge in [0.15, 0.2) is 16.3 Å². The summed E-state index contributed by atoms with van der Waals surface area (Å²) in [6, 6.07) is 10.00. The summed E-state index contributed by atoms with van der Waals surface area (Å²) in [7, 11) is 4.43. The molecule has 0 aliphatic carbocycles. The lowest BCUT2D eigenvalue weighted by Crippen LogP contribution is -2.40. The highest BCUT2D eigenvalue weighted by Gasteiger charge is 2.34. The molecule has 3 heterocycles. The molecule has 1 aliphatic rings. The molecule has 44 heavy (non-hydrogen) atoms. The fraction of sp³-hybridized carbons (Fsp3) is 0.226. The number of furan rings is 1. The van der Waals surface area contributed by atoms with Gasteiger partial charge in [0.1, 0.15) is 11.5 Å². The Labute approximate surface area is 259 Å². The van der Waals surface area contributed by atoms with Crippen molar-refractivity contribution in [3.05, 3.63) is 95.3 Å². The van der Waals surface area contributed by atoms with E-state index in [9.17, 15) is 19.5 Å². The first kappa shape index (κ1) is 30.6. The number of hydrogen-bond acceptors (Lipinski definition) is 10. The Balaban J connectivity index is 1.68. The van der Waals surface area contributed by atoms with E-state index in [1.807, 2.05) is 0 Å². The number of fused-ring (bicyclic) bond motifs is 1. The van der Waals surface area contributed by atoms with Crippen molar-refractivity contribution in [2.24, 2.45) is 4.99 Å². The summed E-state index contributed by atoms with van der Waals surface area (Å²) in [5.74, 6) is -0.0215. The fourth-order valence-electron chi connectivity index (χ4n) is 4.92. The standard InChI is InChI=1S/C31H27ClN2O9S/c1-6-42-30(38)25-15(2)33-31-34(26(25)17-12-22(39-3)27(41-5)23(13-17)40-4)28(35)24(44-31)14-18-8-10-21(43-18)19-11-16(29(36)37)7-9-20(19)32/h7-14,26H,6H2,1-5H3,(H,36,37)/b24-14+. The predicted molar refractivity (Wildman–Crippen MR) is 163 cm³/mol. The van der Waals surface area contributed by atoms with E-state index in [2.05, 4.69) is 4.99 Å². The van der Waals surface area contributed by atoms with Crippen LogP contribution in [0, 0.1) is 0 Å². The number of hydrogen-bond donors (Lipinski definition) is 1. The first-order valence-corrected chi connectivity index (χ1v) is 14.4. The van der Waals surface area contributed by atoms with Gasteiger partial charge in [-0.2, -0.15) is 0 Å². The minimum Gasteiger partial charge on any atom is -0.493 e. The number of methoxy groups -OCH3 is 3. The first-order valence-electron chi connectivity index (χ1n) is 13.2. The van der Waals surface area contributed by atoms with Crippen LogP contribution >= 0.6 is 22.9 Å². The molecule has 0 saturated heterocycles. The molecule has 5 rings (SSSR count). The molecule has 2 aromatic carbocycles. The second kappa shape index (κ2) is 12.4. The van der Waals surface area contributed by atoms with Gasteiger partial charge in [-0.25, -0.2) is 14.6 Å². The van der Waals surface area contributed by atoms with Crippen molar-refractivity contribution in [2.45, 2.75) is 19.9 Å². The molecule has 1 aliphatic heterocycles. The maximum Gasteiger partial charge on any atom is 0.338 e. The maximum absolute atomic E-state index is 14.0. The summed E-state index contributed by atoms with van der Waals surface area (Å²) in [5.41, 5.74) is 1.11. The zero-order valence-corrected chi connectivity index (χ0v) is 25.9. The molecule has 1 atom stereocenters. The quantitative estimate of drug-likeness (QED) is 0.264. The summed E-state index contributed by atoms with van der Waals surface area (Å²) in [6.07, 6.45) is 1.55. The molecule has 0 radical (unpaired) electrons. The Bertz CT molecular complexity index is 1980. The number of aromatic nitrogens is 1. The lowest BCUT2D eigenvalue weighted by atomic mass is 9.95. The summed E-state index contributed by atoms with van der Waals surface area (Å²) < 4.78 is 29.6. The number of halogens is 1. The molecule has 0 saturated carbocycles. The molecule has 1 N–H and O–H groups in total. The first-order chi connectivity index (χ1) is 21.1. The van der Waals surface area contributed by atoms with Crippen LogP contribution in [-0.2, 0) is 9.53 Å². The van der Waals surface area contributed by atoms with Crippen molar-refractivity contribution in [3.63, 3.8) is 0 Å². The van der Waals surface area contributed by atoms with Crippen LogP contribution in [0.4, 0.5) is 0 Å². The zero-order chi connectivity index (χ0) is 31.7. The highest BCUT2D eigenvalue weighted by atomic mass is 35.5. The number of thiazole rings is 1. The summed E-state index contributed by atoms with van der Waals surface area (Å²) in [4.78, 5) is 43.7. The minimum absolute atomic E-state index is 0.0511. The van der Waals surface area contributed by atoms with Gasteiger partial charge in [0.25, 0.3) is 5.56 Å². The molecule has 1 unspecified atom stereocenters. The van der Waals surface area contributed by atoms with Crippen LogP contribution < -0.4 is 29.1 Å². The Hall–Kier alpha value is -4.81. The molecule has 4 aromatic rings. The van der Waals surface area contributed by atoms with E-state index in [4.69, 9.17) is 35.0 Å². The Morgan fingerprint density at radius 3 is 2.41 bits per heavy atom. The molecule has 2 aromatic heterocycles. The van der Waals surface area contributed by atoms with Gasteiger partial charge in [0.2, 0.25) is 5.75 Å². The van der Waals surface area contributed by atoms with Gasteiger partial charge in [-0.15, -0.1) is 0 Å². The minimum atomic E-state index is -1.10. The predicted octanol–water partition coefficient (Wildman–Crippen LogP) is 4.44. The molecule has 11 nitrogen and oxygen atoms in total. The third-order valence-electron chi connectivity index (χ3n) is 6.90. The van der Waals surface area contributed by atoms with Crippen LogP contribution in [0.15, 0.2) is 67.9 Å². The fourth-order valence-corrected chi connectivity index (χ4v) is 6.16. The molecule has 0 bridgehead atoms. The van der Waals surface area contributed by atoms with E-state index in [-0.39, 0.29) is 22.3 Å². The lowest BCUT2D eigenvalue weighted by molar-refractivity contribution is -0.139. The van der Waals surface area contributed by atoms with E-state index in [1.54, 1.807) is 44.2 Å². The monoisotopic (exact) mass is 638 g/mol. The van der Waals surface area contributed by atoms with E-state index < -0.39 is 23.5 Å². The Kier molecular flexibility index (Phi) is 8.66. The molecule has 0 spiro atoms. The van der Waals surface area contributed by atoms with Crippen LogP contribution in [0.2, 0.25) is 5.02 Å². The SMILES string of the molecule is CCOC(=O)C1=C(C)N=c2s/c(=C/c3ccc(-c4cc(C(=O)O)ccc4Cl)o3)c(=O)n2C1c1cc(OC)c(OC)c(OC)c1. The number of esters is 1. The van der Waals surface area contributed by atoms with Gasteiger partial charge < -0.3 is 28.5 Å².